The van der Waals surface area contributed by atoms with Crippen LogP contribution < -0.4 is 4.90 Å². The predicted molar refractivity (Wildman–Crippen MR) is 123 cm³/mol. The summed E-state index contributed by atoms with van der Waals surface area (Å²) in [7, 11) is 2.18. The highest BCUT2D eigenvalue weighted by Gasteiger charge is 2.37. The fourth-order valence-electron chi connectivity index (χ4n) is 4.37. The van der Waals surface area contributed by atoms with Gasteiger partial charge in [0.15, 0.2) is 11.7 Å². The molecule has 1 aromatic heterocycles. The number of ether oxygens (including phenoxy) is 2. The number of esters is 2. The molecule has 2 aliphatic heterocycles. The lowest BCUT2D eigenvalue weighted by molar-refractivity contribution is -0.154. The number of piperidine rings is 1. The van der Waals surface area contributed by atoms with Gasteiger partial charge in [0.05, 0.1) is 26.5 Å². The molecule has 2 aromatic rings. The first kappa shape index (κ1) is 24.2. The maximum absolute atomic E-state index is 14.5. The molecule has 0 spiro atoms. The van der Waals surface area contributed by atoms with Crippen LogP contribution in [-0.2, 0) is 23.9 Å². The molecule has 1 amide bonds. The number of carbonyl (C=O) groups excluding carboxylic acids is 3. The molecule has 0 aliphatic carbocycles. The average molecular weight is 484 g/mol. The number of anilines is 1. The van der Waals surface area contributed by atoms with Crippen LogP contribution in [0.15, 0.2) is 41.6 Å². The van der Waals surface area contributed by atoms with Gasteiger partial charge in [-0.2, -0.15) is 5.10 Å². The van der Waals surface area contributed by atoms with Crippen molar-refractivity contribution in [3.05, 3.63) is 53.6 Å². The second-order valence-corrected chi connectivity index (χ2v) is 8.29. The molecule has 3 heterocycles. The van der Waals surface area contributed by atoms with E-state index in [1.807, 2.05) is 30.3 Å². The largest absolute Gasteiger partial charge is 0.468 e. The zero-order chi connectivity index (χ0) is 24.9. The first-order valence-electron chi connectivity index (χ1n) is 11.3. The highest BCUT2D eigenvalue weighted by Crippen LogP contribution is 2.32. The third-order valence-corrected chi connectivity index (χ3v) is 6.27. The Labute approximate surface area is 201 Å². The van der Waals surface area contributed by atoms with Crippen LogP contribution >= 0.6 is 0 Å². The molecular formula is C24H26FN5O5. The van der Waals surface area contributed by atoms with Gasteiger partial charge in [0.25, 0.3) is 0 Å². The zero-order valence-corrected chi connectivity index (χ0v) is 19.5. The normalized spacial score (nSPS) is 18.1. The van der Waals surface area contributed by atoms with Crippen molar-refractivity contribution >= 4 is 30.0 Å². The molecule has 1 unspecified atom stereocenters. The molecule has 0 N–H and O–H groups in total. The van der Waals surface area contributed by atoms with Crippen LogP contribution in [0.1, 0.15) is 42.5 Å². The van der Waals surface area contributed by atoms with Gasteiger partial charge >= 0.3 is 11.9 Å². The lowest BCUT2D eigenvalue weighted by Gasteiger charge is -2.34. The van der Waals surface area contributed by atoms with Gasteiger partial charge in [-0.25, -0.2) is 19.4 Å². The third kappa shape index (κ3) is 4.98. The standard InChI is InChI=1S/C24H26FN5O5/c1-34-22(32)19(23(33)35-2)20-17(25)14-26-24(28-20)29-12-9-16(10-13-29)21(31)30-18(8-11-27-30)15-6-4-3-5-7-15/h3-7,11,14,16,18-19H,8-10,12-13H2,1-2H3. The second kappa shape index (κ2) is 10.6. The van der Waals surface area contributed by atoms with Crippen LogP contribution in [0.4, 0.5) is 10.3 Å². The first-order valence-corrected chi connectivity index (χ1v) is 11.3. The van der Waals surface area contributed by atoms with E-state index in [1.165, 1.54) is 0 Å². The van der Waals surface area contributed by atoms with E-state index in [4.69, 9.17) is 0 Å². The van der Waals surface area contributed by atoms with E-state index in [0.29, 0.717) is 32.4 Å². The quantitative estimate of drug-likeness (QED) is 0.454. The number of methoxy groups -OCH3 is 2. The van der Waals surface area contributed by atoms with Crippen LogP contribution in [-0.4, -0.2) is 66.3 Å². The molecule has 1 saturated heterocycles. The van der Waals surface area contributed by atoms with Crippen molar-refractivity contribution in [3.8, 4) is 0 Å². The van der Waals surface area contributed by atoms with E-state index in [9.17, 15) is 18.8 Å². The number of carbonyl (C=O) groups is 3. The molecule has 0 radical (unpaired) electrons. The summed E-state index contributed by atoms with van der Waals surface area (Å²) in [5, 5.41) is 5.90. The van der Waals surface area contributed by atoms with Crippen molar-refractivity contribution in [2.45, 2.75) is 31.2 Å². The number of halogens is 1. The number of hydrazone groups is 1. The Morgan fingerprint density at radius 3 is 2.34 bits per heavy atom. The summed E-state index contributed by atoms with van der Waals surface area (Å²) < 4.78 is 23.7. The predicted octanol–water partition coefficient (Wildman–Crippen LogP) is 2.22. The van der Waals surface area contributed by atoms with Crippen LogP contribution in [0.3, 0.4) is 0 Å². The Morgan fingerprint density at radius 1 is 1.06 bits per heavy atom. The molecule has 10 nitrogen and oxygen atoms in total. The maximum atomic E-state index is 14.5. The van der Waals surface area contributed by atoms with Gasteiger partial charge in [-0.3, -0.25) is 14.4 Å². The van der Waals surface area contributed by atoms with E-state index in [1.54, 1.807) is 16.1 Å². The number of hydrogen-bond donors (Lipinski definition) is 0. The van der Waals surface area contributed by atoms with Crippen LogP contribution in [0.25, 0.3) is 0 Å². The molecule has 1 fully saturated rings. The van der Waals surface area contributed by atoms with Gasteiger partial charge in [0.1, 0.15) is 5.69 Å². The minimum atomic E-state index is -1.66. The van der Waals surface area contributed by atoms with Gasteiger partial charge in [-0.05, 0) is 18.4 Å². The fourth-order valence-corrected chi connectivity index (χ4v) is 4.37. The summed E-state index contributed by atoms with van der Waals surface area (Å²) in [4.78, 5) is 47.4. The molecule has 184 valence electrons. The highest BCUT2D eigenvalue weighted by molar-refractivity contribution is 6.00. The monoisotopic (exact) mass is 483 g/mol. The molecule has 0 saturated carbocycles. The second-order valence-electron chi connectivity index (χ2n) is 8.29. The Bertz CT molecular complexity index is 1100. The molecule has 2 aliphatic rings. The van der Waals surface area contributed by atoms with Crippen molar-refractivity contribution in [3.63, 3.8) is 0 Å². The lowest BCUT2D eigenvalue weighted by Crippen LogP contribution is -2.42. The minimum absolute atomic E-state index is 0.0376. The molecule has 35 heavy (non-hydrogen) atoms. The van der Waals surface area contributed by atoms with E-state index < -0.39 is 29.4 Å². The van der Waals surface area contributed by atoms with Gasteiger partial charge in [0.2, 0.25) is 11.9 Å². The molecule has 11 heteroatoms. The summed E-state index contributed by atoms with van der Waals surface area (Å²) in [6.07, 6.45) is 4.40. The summed E-state index contributed by atoms with van der Waals surface area (Å²) in [6, 6.07) is 9.68. The highest BCUT2D eigenvalue weighted by atomic mass is 19.1. The van der Waals surface area contributed by atoms with E-state index >= 15 is 0 Å². The number of benzene rings is 1. The molecule has 0 bridgehead atoms. The van der Waals surface area contributed by atoms with Crippen LogP contribution in [0.5, 0.6) is 0 Å². The van der Waals surface area contributed by atoms with Crippen molar-refractivity contribution in [2.75, 3.05) is 32.2 Å². The van der Waals surface area contributed by atoms with Crippen LogP contribution in [0.2, 0.25) is 0 Å². The van der Waals surface area contributed by atoms with Gasteiger partial charge in [-0.15, -0.1) is 0 Å². The van der Waals surface area contributed by atoms with E-state index in [-0.39, 0.29) is 23.8 Å². The average Bonchev–Trinajstić information content (AvgIpc) is 3.40. The maximum Gasteiger partial charge on any atom is 0.326 e. The van der Waals surface area contributed by atoms with Crippen molar-refractivity contribution in [2.24, 2.45) is 11.0 Å². The molecule has 1 aromatic carbocycles. The number of hydrogen-bond acceptors (Lipinski definition) is 9. The number of nitrogens with zero attached hydrogens (tertiary/aromatic N) is 5. The molecular weight excluding hydrogens is 457 g/mol. The smallest absolute Gasteiger partial charge is 0.326 e. The summed E-state index contributed by atoms with van der Waals surface area (Å²) in [6.45, 7) is 0.881. The summed E-state index contributed by atoms with van der Waals surface area (Å²) >= 11 is 0. The first-order chi connectivity index (χ1) is 16.9. The van der Waals surface area contributed by atoms with Gasteiger partial charge in [0, 0.05) is 31.6 Å². The van der Waals surface area contributed by atoms with E-state index in [0.717, 1.165) is 26.0 Å². The van der Waals surface area contributed by atoms with Crippen molar-refractivity contribution in [1.29, 1.82) is 0 Å². The number of rotatable bonds is 6. The Morgan fingerprint density at radius 2 is 1.71 bits per heavy atom. The topological polar surface area (TPSA) is 114 Å². The Balaban J connectivity index is 1.45. The molecule has 4 rings (SSSR count). The Kier molecular flexibility index (Phi) is 7.33. The van der Waals surface area contributed by atoms with Crippen LogP contribution in [0, 0.1) is 11.7 Å². The van der Waals surface area contributed by atoms with Crippen molar-refractivity contribution in [1.82, 2.24) is 15.0 Å². The van der Waals surface area contributed by atoms with Crippen molar-refractivity contribution < 1.29 is 28.2 Å². The molecule has 1 atom stereocenters. The number of amides is 1. The van der Waals surface area contributed by atoms with Gasteiger partial charge in [-0.1, -0.05) is 30.3 Å². The summed E-state index contributed by atoms with van der Waals surface area (Å²) in [5.41, 5.74) is 0.623. The van der Waals surface area contributed by atoms with E-state index in [2.05, 4.69) is 24.5 Å². The number of aromatic nitrogens is 2. The van der Waals surface area contributed by atoms with Gasteiger partial charge < -0.3 is 14.4 Å². The fraction of sp³-hybridized carbons (Fsp3) is 0.417. The third-order valence-electron chi connectivity index (χ3n) is 6.27. The zero-order valence-electron chi connectivity index (χ0n) is 19.5. The summed E-state index contributed by atoms with van der Waals surface area (Å²) in [5.74, 6) is -4.65. The SMILES string of the molecule is COC(=O)C(C(=O)OC)c1nc(N2CCC(C(=O)N3N=CCC3c3ccccc3)CC2)ncc1F. The minimum Gasteiger partial charge on any atom is -0.468 e. The lowest BCUT2D eigenvalue weighted by atomic mass is 9.94. The Hall–Kier alpha value is -3.89.